The van der Waals surface area contributed by atoms with Gasteiger partial charge in [0.1, 0.15) is 0 Å². The van der Waals surface area contributed by atoms with Gasteiger partial charge in [-0.3, -0.25) is 0 Å². The molecule has 178 valence electrons. The van der Waals surface area contributed by atoms with Crippen molar-refractivity contribution in [2.45, 2.75) is 43.3 Å². The normalized spacial score (nSPS) is 20.0. The minimum absolute atomic E-state index is 0.000363. The second-order valence-electron chi connectivity index (χ2n) is 8.08. The molecule has 1 aliphatic heterocycles. The molecule has 0 bridgehead atoms. The van der Waals surface area contributed by atoms with Crippen LogP contribution in [0.15, 0.2) is 83.8 Å². The third-order valence-corrected chi connectivity index (χ3v) is 6.72. The van der Waals surface area contributed by atoms with Gasteiger partial charge in [0, 0.05) is 34.9 Å². The van der Waals surface area contributed by atoms with E-state index in [1.54, 1.807) is 11.8 Å². The Hall–Kier alpha value is -2.84. The maximum atomic E-state index is 11.8. The van der Waals surface area contributed by atoms with Crippen molar-refractivity contribution in [3.8, 4) is 0 Å². The van der Waals surface area contributed by atoms with Gasteiger partial charge in [-0.1, -0.05) is 54.6 Å². The van der Waals surface area contributed by atoms with E-state index in [1.165, 1.54) is 4.90 Å². The summed E-state index contributed by atoms with van der Waals surface area (Å²) in [4.78, 5) is 13.0. The molecule has 7 heteroatoms. The Balaban J connectivity index is 1.49. The fraction of sp³-hybridized carbons (Fsp3) is 0.296. The van der Waals surface area contributed by atoms with Crippen LogP contribution in [0.2, 0.25) is 0 Å². The Kier molecular flexibility index (Phi) is 8.60. The van der Waals surface area contributed by atoms with Crippen LogP contribution in [-0.4, -0.2) is 29.5 Å². The van der Waals surface area contributed by atoms with E-state index >= 15 is 0 Å². The lowest BCUT2D eigenvalue weighted by Gasteiger charge is -2.36. The molecule has 1 aliphatic rings. The molecule has 0 aliphatic carbocycles. The molecule has 0 unspecified atom stereocenters. The molecular formula is C27H30N2O4S. The lowest BCUT2D eigenvalue weighted by atomic mass is 10.0. The first-order chi connectivity index (χ1) is 16.6. The zero-order chi connectivity index (χ0) is 23.8. The van der Waals surface area contributed by atoms with Gasteiger partial charge in [-0.2, -0.15) is 0 Å². The number of nitrogens with one attached hydrogen (secondary N) is 2. The monoisotopic (exact) mass is 478 g/mol. The number of thioether (sulfide) groups is 1. The molecule has 6 nitrogen and oxygen atoms in total. The molecule has 2 amide bonds. The third-order valence-electron chi connectivity index (χ3n) is 5.57. The fourth-order valence-corrected chi connectivity index (χ4v) is 4.73. The highest BCUT2D eigenvalue weighted by Crippen LogP contribution is 2.39. The molecule has 34 heavy (non-hydrogen) atoms. The van der Waals surface area contributed by atoms with Crippen molar-refractivity contribution >= 4 is 23.5 Å². The average molecular weight is 479 g/mol. The number of urea groups is 1. The quantitative estimate of drug-likeness (QED) is 0.364. The number of carbonyl (C=O) groups is 1. The number of anilines is 1. The van der Waals surface area contributed by atoms with Gasteiger partial charge in [-0.15, -0.1) is 11.8 Å². The topological polar surface area (TPSA) is 79.8 Å². The number of carbonyl (C=O) groups excluding carboxylic acids is 1. The van der Waals surface area contributed by atoms with E-state index in [1.807, 2.05) is 73.7 Å². The van der Waals surface area contributed by atoms with Crippen LogP contribution in [-0.2, 0) is 16.1 Å². The van der Waals surface area contributed by atoms with Crippen LogP contribution < -0.4 is 10.6 Å². The van der Waals surface area contributed by atoms with Crippen molar-refractivity contribution < 1.29 is 19.4 Å². The van der Waals surface area contributed by atoms with Crippen molar-refractivity contribution in [3.05, 3.63) is 95.6 Å². The van der Waals surface area contributed by atoms with Crippen molar-refractivity contribution in [2.24, 2.45) is 0 Å². The molecule has 3 aromatic carbocycles. The van der Waals surface area contributed by atoms with Gasteiger partial charge in [0.2, 0.25) is 0 Å². The van der Waals surface area contributed by atoms with Crippen molar-refractivity contribution in [1.29, 1.82) is 0 Å². The summed E-state index contributed by atoms with van der Waals surface area (Å²) in [6.07, 6.45) is 0.0998. The molecule has 0 radical (unpaired) electrons. The van der Waals surface area contributed by atoms with Crippen LogP contribution in [0.3, 0.4) is 0 Å². The summed E-state index contributed by atoms with van der Waals surface area (Å²) in [7, 11) is 0. The summed E-state index contributed by atoms with van der Waals surface area (Å²) in [5.74, 6) is 0.811. The lowest BCUT2D eigenvalue weighted by Crippen LogP contribution is -2.31. The number of aliphatic hydroxyl groups is 1. The molecule has 3 atom stereocenters. The van der Waals surface area contributed by atoms with Crippen molar-refractivity contribution in [3.63, 3.8) is 0 Å². The van der Waals surface area contributed by atoms with E-state index in [4.69, 9.17) is 9.47 Å². The Morgan fingerprint density at radius 3 is 2.35 bits per heavy atom. The highest BCUT2D eigenvalue weighted by molar-refractivity contribution is 7.99. The summed E-state index contributed by atoms with van der Waals surface area (Å²) >= 11 is 1.77. The van der Waals surface area contributed by atoms with Gasteiger partial charge in [0.05, 0.1) is 18.8 Å². The van der Waals surface area contributed by atoms with Gasteiger partial charge < -0.3 is 25.2 Å². The number of hydrogen-bond donors (Lipinski definition) is 3. The van der Waals surface area contributed by atoms with Crippen molar-refractivity contribution in [2.75, 3.05) is 17.6 Å². The number of amides is 2. The number of rotatable bonds is 8. The van der Waals surface area contributed by atoms with Crippen LogP contribution in [0, 0.1) is 0 Å². The van der Waals surface area contributed by atoms with Crippen LogP contribution in [0.5, 0.6) is 0 Å². The van der Waals surface area contributed by atoms with Gasteiger partial charge in [-0.25, -0.2) is 4.79 Å². The first-order valence-electron chi connectivity index (χ1n) is 11.5. The van der Waals surface area contributed by atoms with Crippen LogP contribution in [0.1, 0.15) is 42.4 Å². The molecule has 0 aromatic heterocycles. The molecular weight excluding hydrogens is 448 g/mol. The number of hydrogen-bond acceptors (Lipinski definition) is 5. The first kappa shape index (κ1) is 24.3. The van der Waals surface area contributed by atoms with E-state index in [2.05, 4.69) is 22.8 Å². The predicted molar refractivity (Wildman–Crippen MR) is 135 cm³/mol. The zero-order valence-electron chi connectivity index (χ0n) is 19.1. The van der Waals surface area contributed by atoms with E-state index in [9.17, 15) is 9.90 Å². The standard InChI is InChI=1S/C27H30N2O4S/c1-2-28-27(31)29-22-14-12-21(13-15-22)26-32-23(18-34-24-6-4-3-5-7-24)16-25(33-26)20-10-8-19(17-30)9-11-20/h3-15,23,25-26,30H,2,16-18H2,1H3,(H2,28,29,31)/t23-,25+,26+/m1/s1. The van der Waals surface area contributed by atoms with Gasteiger partial charge >= 0.3 is 6.03 Å². The van der Waals surface area contributed by atoms with E-state index < -0.39 is 6.29 Å². The van der Waals surface area contributed by atoms with Crippen LogP contribution >= 0.6 is 11.8 Å². The first-order valence-corrected chi connectivity index (χ1v) is 12.5. The minimum Gasteiger partial charge on any atom is -0.392 e. The molecule has 3 aromatic rings. The van der Waals surface area contributed by atoms with Crippen LogP contribution in [0.4, 0.5) is 10.5 Å². The number of ether oxygens (including phenoxy) is 2. The Bertz CT molecular complexity index is 1040. The van der Waals surface area contributed by atoms with Gasteiger partial charge in [-0.05, 0) is 42.3 Å². The number of benzene rings is 3. The molecule has 0 spiro atoms. The SMILES string of the molecule is CCNC(=O)Nc1ccc([C@H]2O[C@@H](CSc3ccccc3)C[C@@H](c3ccc(CO)cc3)O2)cc1. The highest BCUT2D eigenvalue weighted by Gasteiger charge is 2.32. The zero-order valence-corrected chi connectivity index (χ0v) is 20.0. The average Bonchev–Trinajstić information content (AvgIpc) is 2.88. The maximum absolute atomic E-state index is 11.8. The smallest absolute Gasteiger partial charge is 0.319 e. The molecule has 3 N–H and O–H groups in total. The third kappa shape index (κ3) is 6.61. The summed E-state index contributed by atoms with van der Waals surface area (Å²) in [6, 6.07) is 25.5. The summed E-state index contributed by atoms with van der Waals surface area (Å²) in [5.41, 5.74) is 3.54. The summed E-state index contributed by atoms with van der Waals surface area (Å²) in [5, 5.41) is 14.9. The maximum Gasteiger partial charge on any atom is 0.319 e. The van der Waals surface area contributed by atoms with Gasteiger partial charge in [0.15, 0.2) is 6.29 Å². The largest absolute Gasteiger partial charge is 0.392 e. The molecule has 1 saturated heterocycles. The van der Waals surface area contributed by atoms with Crippen molar-refractivity contribution in [1.82, 2.24) is 5.32 Å². The summed E-state index contributed by atoms with van der Waals surface area (Å²) in [6.45, 7) is 2.46. The predicted octanol–water partition coefficient (Wildman–Crippen LogP) is 5.66. The Morgan fingerprint density at radius 2 is 1.68 bits per heavy atom. The fourth-order valence-electron chi connectivity index (χ4n) is 3.79. The molecule has 0 saturated carbocycles. The highest BCUT2D eigenvalue weighted by atomic mass is 32.2. The number of aliphatic hydroxyl groups excluding tert-OH is 1. The van der Waals surface area contributed by atoms with Crippen LogP contribution in [0.25, 0.3) is 0 Å². The Labute approximate surface area is 204 Å². The van der Waals surface area contributed by atoms with Gasteiger partial charge in [0.25, 0.3) is 0 Å². The summed E-state index contributed by atoms with van der Waals surface area (Å²) < 4.78 is 12.7. The minimum atomic E-state index is -0.517. The Morgan fingerprint density at radius 1 is 0.971 bits per heavy atom. The second-order valence-corrected chi connectivity index (χ2v) is 9.17. The van der Waals surface area contributed by atoms with E-state index in [0.717, 1.165) is 28.9 Å². The molecule has 4 rings (SSSR count). The lowest BCUT2D eigenvalue weighted by molar-refractivity contribution is -0.245. The molecule has 1 fully saturated rings. The van der Waals surface area contributed by atoms with E-state index in [-0.39, 0.29) is 24.8 Å². The molecule has 1 heterocycles. The van der Waals surface area contributed by atoms with E-state index in [0.29, 0.717) is 12.2 Å². The second kappa shape index (κ2) is 12.0.